The smallest absolute Gasteiger partial charge is 0.261 e. The van der Waals surface area contributed by atoms with E-state index >= 15 is 0 Å². The van der Waals surface area contributed by atoms with Crippen molar-refractivity contribution in [3.05, 3.63) is 102 Å². The van der Waals surface area contributed by atoms with Gasteiger partial charge in [0, 0.05) is 22.8 Å². The number of sulfone groups is 1. The number of aliphatic hydroxyl groups is 3. The molecule has 2 bridgehead atoms. The van der Waals surface area contributed by atoms with Crippen LogP contribution in [0.5, 0.6) is 0 Å². The van der Waals surface area contributed by atoms with Crippen LogP contribution in [0.1, 0.15) is 74.1 Å². The zero-order valence-electron chi connectivity index (χ0n) is 30.2. The van der Waals surface area contributed by atoms with Crippen LogP contribution in [0.2, 0.25) is 5.04 Å². The van der Waals surface area contributed by atoms with Gasteiger partial charge in [-0.15, -0.1) is 0 Å². The second-order valence-electron chi connectivity index (χ2n) is 16.4. The molecule has 6 atom stereocenters. The minimum absolute atomic E-state index is 0.161. The fraction of sp³-hybridized carbons (Fsp3) is 0.512. The molecule has 3 aromatic carbocycles. The standard InChI is InChI=1S/C41H56O6SSi/c1-30(2)36(43)41-25-23-35(42)40(37(41)44,29-31(39(41,6)7)24-28-48(45,46)32-17-11-8-12-18-32)26-27-47-49(38(3,4)5,33-19-13-9-14-20-33)34-21-15-10-16-22-34/h8-22,24,28,30-31,35-37,42-44H,23,25-27,29H2,1-7H3/b28-24+/t31-,35+,36-,37+,40+,41+/m1/s1. The van der Waals surface area contributed by atoms with Crippen molar-refractivity contribution >= 4 is 28.5 Å². The van der Waals surface area contributed by atoms with Crippen molar-refractivity contribution in [2.75, 3.05) is 6.61 Å². The summed E-state index contributed by atoms with van der Waals surface area (Å²) in [6, 6.07) is 29.2. The van der Waals surface area contributed by atoms with Gasteiger partial charge in [-0.1, -0.05) is 133 Å². The van der Waals surface area contributed by atoms with Crippen molar-refractivity contribution in [3.63, 3.8) is 0 Å². The second kappa shape index (κ2) is 13.8. The van der Waals surface area contributed by atoms with Crippen LogP contribution in [-0.2, 0) is 14.3 Å². The minimum atomic E-state index is -3.74. The Kier molecular flexibility index (Phi) is 10.6. The summed E-state index contributed by atoms with van der Waals surface area (Å²) in [4.78, 5) is 0.213. The first kappa shape index (κ1) is 37.7. The van der Waals surface area contributed by atoms with E-state index in [1.807, 2.05) is 64.1 Å². The van der Waals surface area contributed by atoms with Gasteiger partial charge in [-0.05, 0) is 70.5 Å². The van der Waals surface area contributed by atoms with E-state index in [0.29, 0.717) is 25.7 Å². The normalized spacial score (nSPS) is 28.1. The van der Waals surface area contributed by atoms with E-state index in [0.717, 1.165) is 10.4 Å². The van der Waals surface area contributed by atoms with Gasteiger partial charge in [-0.25, -0.2) is 8.42 Å². The van der Waals surface area contributed by atoms with Crippen molar-refractivity contribution in [3.8, 4) is 0 Å². The van der Waals surface area contributed by atoms with Gasteiger partial charge in [0.25, 0.3) is 8.32 Å². The molecular formula is C41H56O6SSi. The average molecular weight is 705 g/mol. The first-order valence-corrected chi connectivity index (χ1v) is 21.2. The fourth-order valence-corrected chi connectivity index (χ4v) is 15.1. The number of aliphatic hydroxyl groups excluding tert-OH is 3. The summed E-state index contributed by atoms with van der Waals surface area (Å²) in [5.41, 5.74) is -2.70. The van der Waals surface area contributed by atoms with Crippen LogP contribution in [0, 0.1) is 28.1 Å². The van der Waals surface area contributed by atoms with Crippen molar-refractivity contribution < 1.29 is 28.2 Å². The van der Waals surface area contributed by atoms with E-state index in [1.54, 1.807) is 36.4 Å². The minimum Gasteiger partial charge on any atom is -0.407 e. The molecule has 2 fully saturated rings. The highest BCUT2D eigenvalue weighted by Gasteiger charge is 2.70. The predicted octanol–water partition coefficient (Wildman–Crippen LogP) is 6.49. The Hall–Kier alpha value is -2.59. The Bertz CT molecular complexity index is 1650. The molecule has 49 heavy (non-hydrogen) atoms. The Morgan fingerprint density at radius 1 is 0.898 bits per heavy atom. The lowest BCUT2D eigenvalue weighted by molar-refractivity contribution is -0.288. The molecule has 5 rings (SSSR count). The number of benzene rings is 3. The molecule has 6 nitrogen and oxygen atoms in total. The van der Waals surface area contributed by atoms with Gasteiger partial charge in [0.2, 0.25) is 0 Å². The maximum Gasteiger partial charge on any atom is 0.261 e. The van der Waals surface area contributed by atoms with Crippen molar-refractivity contribution in [2.45, 2.75) is 102 Å². The lowest BCUT2D eigenvalue weighted by Gasteiger charge is -2.69. The number of fused-ring (bicyclic) bond motifs is 2. The molecule has 0 unspecified atom stereocenters. The third-order valence-corrected chi connectivity index (χ3v) is 18.8. The van der Waals surface area contributed by atoms with E-state index in [9.17, 15) is 23.7 Å². The molecule has 0 radical (unpaired) electrons. The van der Waals surface area contributed by atoms with E-state index in [1.165, 1.54) is 5.41 Å². The van der Waals surface area contributed by atoms with Crippen molar-refractivity contribution in [1.29, 1.82) is 0 Å². The molecule has 0 spiro atoms. The second-order valence-corrected chi connectivity index (χ2v) is 22.5. The zero-order chi connectivity index (χ0) is 35.9. The molecule has 0 aromatic heterocycles. The quantitative estimate of drug-likeness (QED) is 0.197. The van der Waals surface area contributed by atoms with Crippen LogP contribution in [0.15, 0.2) is 107 Å². The molecule has 0 aliphatic heterocycles. The summed E-state index contributed by atoms with van der Waals surface area (Å²) < 4.78 is 34.2. The maximum atomic E-state index is 13.5. The molecule has 2 aliphatic rings. The largest absolute Gasteiger partial charge is 0.407 e. The van der Waals surface area contributed by atoms with E-state index < -0.39 is 52.7 Å². The highest BCUT2D eigenvalue weighted by molar-refractivity contribution is 7.94. The summed E-state index contributed by atoms with van der Waals surface area (Å²) in [5, 5.41) is 40.0. The Balaban J connectivity index is 1.59. The van der Waals surface area contributed by atoms with Crippen LogP contribution in [0.3, 0.4) is 0 Å². The van der Waals surface area contributed by atoms with Crippen LogP contribution < -0.4 is 10.4 Å². The number of rotatable bonds is 11. The highest BCUT2D eigenvalue weighted by Crippen LogP contribution is 2.68. The maximum absolute atomic E-state index is 13.5. The van der Waals surface area contributed by atoms with Crippen LogP contribution in [0.4, 0.5) is 0 Å². The van der Waals surface area contributed by atoms with Crippen LogP contribution >= 0.6 is 0 Å². The summed E-state index contributed by atoms with van der Waals surface area (Å²) >= 11 is 0. The number of allylic oxidation sites excluding steroid dienone is 1. The molecule has 8 heteroatoms. The van der Waals surface area contributed by atoms with Gasteiger partial charge in [0.05, 0.1) is 23.2 Å². The van der Waals surface area contributed by atoms with Gasteiger partial charge < -0.3 is 19.7 Å². The molecule has 0 amide bonds. The predicted molar refractivity (Wildman–Crippen MR) is 200 cm³/mol. The van der Waals surface area contributed by atoms with Gasteiger partial charge >= 0.3 is 0 Å². The Labute approximate surface area is 295 Å². The molecular weight excluding hydrogens is 649 g/mol. The molecule has 266 valence electrons. The topological polar surface area (TPSA) is 104 Å². The highest BCUT2D eigenvalue weighted by atomic mass is 32.2. The molecule has 2 aliphatic carbocycles. The monoisotopic (exact) mass is 704 g/mol. The third kappa shape index (κ3) is 6.31. The van der Waals surface area contributed by atoms with E-state index in [-0.39, 0.29) is 28.4 Å². The Morgan fingerprint density at radius 3 is 1.90 bits per heavy atom. The first-order chi connectivity index (χ1) is 23.0. The van der Waals surface area contributed by atoms with Gasteiger partial charge in [-0.2, -0.15) is 0 Å². The fourth-order valence-electron chi connectivity index (χ4n) is 9.47. The lowest BCUT2D eigenvalue weighted by Crippen LogP contribution is -2.72. The summed E-state index contributed by atoms with van der Waals surface area (Å²) in [6.45, 7) is 15.0. The third-order valence-electron chi connectivity index (χ3n) is 12.3. The summed E-state index contributed by atoms with van der Waals surface area (Å²) in [7, 11) is -6.65. The summed E-state index contributed by atoms with van der Waals surface area (Å²) in [5.74, 6) is -0.517. The first-order valence-electron chi connectivity index (χ1n) is 17.7. The van der Waals surface area contributed by atoms with Crippen LogP contribution in [-0.4, -0.2) is 57.0 Å². The van der Waals surface area contributed by atoms with Crippen molar-refractivity contribution in [2.24, 2.45) is 28.1 Å². The molecule has 0 heterocycles. The SMILES string of the molecule is CC(C)[C@@H](O)[C@]12CC[C@H](O)[C@](CCO[Si](c3ccccc3)(c3ccccc3)C(C)(C)C)(C[C@@H](/C=C/S(=O)(=O)c3ccccc3)C1(C)C)[C@@H]2O. The Morgan fingerprint density at radius 2 is 1.41 bits per heavy atom. The summed E-state index contributed by atoms with van der Waals surface area (Å²) in [6.07, 6.45) is 0.578. The van der Waals surface area contributed by atoms with Gasteiger partial charge in [0.1, 0.15) is 0 Å². The molecule has 3 N–H and O–H groups in total. The number of hydrogen-bond donors (Lipinski definition) is 3. The zero-order valence-corrected chi connectivity index (χ0v) is 32.0. The molecule has 3 aromatic rings. The number of hydrogen-bond acceptors (Lipinski definition) is 6. The molecule has 2 saturated carbocycles. The average Bonchev–Trinajstić information content (AvgIpc) is 3.07. The van der Waals surface area contributed by atoms with Gasteiger partial charge in [-0.3, -0.25) is 0 Å². The van der Waals surface area contributed by atoms with Crippen molar-refractivity contribution in [1.82, 2.24) is 0 Å². The van der Waals surface area contributed by atoms with E-state index in [4.69, 9.17) is 4.43 Å². The lowest BCUT2D eigenvalue weighted by atomic mass is 9.38. The van der Waals surface area contributed by atoms with Gasteiger partial charge in [0.15, 0.2) is 9.84 Å². The van der Waals surface area contributed by atoms with E-state index in [2.05, 4.69) is 45.0 Å². The van der Waals surface area contributed by atoms with Crippen LogP contribution in [0.25, 0.3) is 0 Å². The molecule has 0 saturated heterocycles.